The van der Waals surface area contributed by atoms with Crippen molar-refractivity contribution in [1.82, 2.24) is 19.2 Å². The summed E-state index contributed by atoms with van der Waals surface area (Å²) in [6, 6.07) is 10.6. The summed E-state index contributed by atoms with van der Waals surface area (Å²) in [6.07, 6.45) is 5.73. The second kappa shape index (κ2) is 12.1. The maximum atomic E-state index is 15.5. The van der Waals surface area contributed by atoms with E-state index < -0.39 is 23.8 Å². The van der Waals surface area contributed by atoms with Crippen molar-refractivity contribution < 1.29 is 22.3 Å². The molecule has 4 rings (SSSR count). The number of aromatic nitrogens is 2. The van der Waals surface area contributed by atoms with Crippen LogP contribution < -0.4 is 9.46 Å². The van der Waals surface area contributed by atoms with E-state index in [1.165, 1.54) is 0 Å². The Bertz CT molecular complexity index is 1360. The number of nitrogens with zero attached hydrogens (tertiary/aromatic N) is 3. The van der Waals surface area contributed by atoms with Crippen LogP contribution in [0.2, 0.25) is 25.7 Å². The summed E-state index contributed by atoms with van der Waals surface area (Å²) in [6.45, 7) is 9.63. The van der Waals surface area contributed by atoms with Crippen molar-refractivity contribution in [3.05, 3.63) is 48.3 Å². The number of fused-ring (bicyclic) bond motifs is 1. The lowest BCUT2D eigenvalue weighted by Gasteiger charge is -2.34. The average molecular weight is 577 g/mol. The molecule has 8 nitrogen and oxygen atoms in total. The van der Waals surface area contributed by atoms with Crippen molar-refractivity contribution >= 4 is 29.1 Å². The molecule has 39 heavy (non-hydrogen) atoms. The van der Waals surface area contributed by atoms with Crippen molar-refractivity contribution in [1.29, 1.82) is 0 Å². The van der Waals surface area contributed by atoms with E-state index in [4.69, 9.17) is 9.47 Å². The highest BCUT2D eigenvalue weighted by atomic mass is 32.2. The third-order valence-corrected chi connectivity index (χ3v) is 9.49. The van der Waals surface area contributed by atoms with E-state index >= 15 is 4.39 Å². The Labute approximate surface area is 232 Å². The molecule has 1 aromatic carbocycles. The Morgan fingerprint density at radius 2 is 1.82 bits per heavy atom. The fourth-order valence-electron chi connectivity index (χ4n) is 4.55. The summed E-state index contributed by atoms with van der Waals surface area (Å²) in [5.74, 6) is 0.592. The van der Waals surface area contributed by atoms with Crippen LogP contribution in [-0.4, -0.2) is 76.2 Å². The summed E-state index contributed by atoms with van der Waals surface area (Å²) >= 11 is 0. The Kier molecular flexibility index (Phi) is 9.17. The first-order chi connectivity index (χ1) is 18.3. The number of pyridine rings is 1. The van der Waals surface area contributed by atoms with E-state index in [-0.39, 0.29) is 13.2 Å². The molecule has 11 heteroatoms. The number of sulfonamides is 1. The molecule has 0 bridgehead atoms. The Balaban J connectivity index is 1.63. The van der Waals surface area contributed by atoms with E-state index in [1.807, 2.05) is 42.1 Å². The molecule has 0 saturated carbocycles. The molecule has 0 aliphatic carbocycles. The van der Waals surface area contributed by atoms with Crippen LogP contribution in [0.4, 0.5) is 4.39 Å². The SMILES string of the molecule is CN1CCC(F)(COc2ccnc3c2c(-c2ccc(CNS(C)(=O)=O)cc2)cn3COCC[Si](C)(C)C)CC1. The van der Waals surface area contributed by atoms with Crippen LogP contribution in [0.3, 0.4) is 0 Å². The third kappa shape index (κ3) is 8.34. The van der Waals surface area contributed by atoms with Crippen molar-refractivity contribution in [3.8, 4) is 16.9 Å². The first-order valence-corrected chi connectivity index (χ1v) is 19.0. The summed E-state index contributed by atoms with van der Waals surface area (Å²) in [5.41, 5.74) is 2.03. The van der Waals surface area contributed by atoms with E-state index in [2.05, 4.69) is 34.2 Å². The molecular weight excluding hydrogens is 535 g/mol. The number of benzene rings is 1. The zero-order chi connectivity index (χ0) is 28.3. The topological polar surface area (TPSA) is 85.7 Å². The van der Waals surface area contributed by atoms with Crippen LogP contribution in [0.25, 0.3) is 22.2 Å². The normalized spacial score (nSPS) is 16.6. The van der Waals surface area contributed by atoms with Gasteiger partial charge in [-0.15, -0.1) is 0 Å². The lowest BCUT2D eigenvalue weighted by atomic mass is 9.94. The predicted molar refractivity (Wildman–Crippen MR) is 157 cm³/mol. The van der Waals surface area contributed by atoms with Gasteiger partial charge in [-0.05, 0) is 43.1 Å². The highest BCUT2D eigenvalue weighted by molar-refractivity contribution is 7.88. The minimum absolute atomic E-state index is 0.00656. The van der Waals surface area contributed by atoms with Crippen LogP contribution >= 0.6 is 0 Å². The third-order valence-electron chi connectivity index (χ3n) is 7.12. The van der Waals surface area contributed by atoms with Gasteiger partial charge in [-0.2, -0.15) is 0 Å². The average Bonchev–Trinajstić information content (AvgIpc) is 3.25. The summed E-state index contributed by atoms with van der Waals surface area (Å²) in [4.78, 5) is 6.78. The summed E-state index contributed by atoms with van der Waals surface area (Å²) in [5, 5.41) is 0.810. The molecule has 0 spiro atoms. The molecule has 1 N–H and O–H groups in total. The number of nitrogens with one attached hydrogen (secondary N) is 1. The van der Waals surface area contributed by atoms with E-state index in [0.717, 1.165) is 40.0 Å². The van der Waals surface area contributed by atoms with Crippen LogP contribution in [0.15, 0.2) is 42.7 Å². The predicted octanol–water partition coefficient (Wildman–Crippen LogP) is 4.88. The van der Waals surface area contributed by atoms with Crippen LogP contribution in [0.1, 0.15) is 18.4 Å². The zero-order valence-electron chi connectivity index (χ0n) is 23.7. The van der Waals surface area contributed by atoms with Gasteiger partial charge in [0.15, 0.2) is 0 Å². The number of likely N-dealkylation sites (tertiary alicyclic amines) is 1. The fourth-order valence-corrected chi connectivity index (χ4v) is 5.74. The molecule has 1 aliphatic rings. The van der Waals surface area contributed by atoms with Crippen molar-refractivity contribution in [2.75, 3.05) is 39.6 Å². The monoisotopic (exact) mass is 576 g/mol. The van der Waals surface area contributed by atoms with Crippen molar-refractivity contribution in [3.63, 3.8) is 0 Å². The lowest BCUT2D eigenvalue weighted by Crippen LogP contribution is -2.43. The van der Waals surface area contributed by atoms with Gasteiger partial charge in [-0.1, -0.05) is 43.9 Å². The van der Waals surface area contributed by atoms with Gasteiger partial charge in [0, 0.05) is 52.3 Å². The standard InChI is InChI=1S/C28H41FN4O4SSi/c1-32-14-11-28(29,12-15-32)20-37-25-10-13-30-27-26(25)24(19-33(27)21-36-16-17-39(3,4)5)23-8-6-22(7-9-23)18-31-38(2,34)35/h6-10,13,19,31H,11-12,14-18,20-21H2,1-5H3. The van der Waals surface area contributed by atoms with Crippen LogP contribution in [0, 0.1) is 0 Å². The van der Waals surface area contributed by atoms with Crippen LogP contribution in [0.5, 0.6) is 5.75 Å². The molecule has 3 heterocycles. The number of piperidine rings is 1. The second-order valence-corrected chi connectivity index (χ2v) is 19.4. The summed E-state index contributed by atoms with van der Waals surface area (Å²) < 4.78 is 55.2. The second-order valence-electron chi connectivity index (χ2n) is 11.9. The van der Waals surface area contributed by atoms with Gasteiger partial charge in [0.1, 0.15) is 30.4 Å². The van der Waals surface area contributed by atoms with Crippen molar-refractivity contribution in [2.24, 2.45) is 0 Å². The van der Waals surface area contributed by atoms with Gasteiger partial charge in [0.25, 0.3) is 0 Å². The number of ether oxygens (including phenoxy) is 2. The smallest absolute Gasteiger partial charge is 0.209 e. The lowest BCUT2D eigenvalue weighted by molar-refractivity contribution is 0.0249. The molecule has 0 unspecified atom stereocenters. The van der Waals surface area contributed by atoms with Crippen LogP contribution in [-0.2, 0) is 28.0 Å². The van der Waals surface area contributed by atoms with E-state index in [9.17, 15) is 8.42 Å². The Morgan fingerprint density at radius 1 is 1.13 bits per heavy atom. The summed E-state index contributed by atoms with van der Waals surface area (Å²) in [7, 11) is -2.49. The number of hydrogen-bond donors (Lipinski definition) is 1. The highest BCUT2D eigenvalue weighted by Crippen LogP contribution is 2.37. The largest absolute Gasteiger partial charge is 0.489 e. The zero-order valence-corrected chi connectivity index (χ0v) is 25.5. The fraction of sp³-hybridized carbons (Fsp3) is 0.536. The van der Waals surface area contributed by atoms with Gasteiger partial charge in [0.2, 0.25) is 10.0 Å². The van der Waals surface area contributed by atoms with Gasteiger partial charge in [-0.25, -0.2) is 22.5 Å². The number of hydrogen-bond acceptors (Lipinski definition) is 6. The molecule has 0 amide bonds. The number of halogens is 1. The maximum absolute atomic E-state index is 15.5. The molecule has 2 aromatic heterocycles. The number of rotatable bonds is 12. The quantitative estimate of drug-likeness (QED) is 0.244. The number of alkyl halides is 1. The minimum Gasteiger partial charge on any atom is -0.489 e. The maximum Gasteiger partial charge on any atom is 0.209 e. The minimum atomic E-state index is -3.28. The molecule has 1 saturated heterocycles. The van der Waals surface area contributed by atoms with Crippen molar-refractivity contribution in [2.45, 2.75) is 57.5 Å². The molecule has 1 fully saturated rings. The highest BCUT2D eigenvalue weighted by Gasteiger charge is 2.34. The Morgan fingerprint density at radius 3 is 2.46 bits per heavy atom. The molecule has 214 valence electrons. The Hall–Kier alpha value is -2.31. The molecule has 0 radical (unpaired) electrons. The molecule has 3 aromatic rings. The molecular formula is C28H41FN4O4SSi. The molecule has 1 aliphatic heterocycles. The first kappa shape index (κ1) is 29.7. The van der Waals surface area contributed by atoms with Gasteiger partial charge in [0.05, 0.1) is 11.6 Å². The van der Waals surface area contributed by atoms with Gasteiger partial charge < -0.3 is 18.9 Å². The van der Waals surface area contributed by atoms with Gasteiger partial charge >= 0.3 is 0 Å². The molecule has 0 atom stereocenters. The first-order valence-electron chi connectivity index (χ1n) is 13.4. The van der Waals surface area contributed by atoms with Gasteiger partial charge in [-0.3, -0.25) is 0 Å². The van der Waals surface area contributed by atoms with E-state index in [1.54, 1.807) is 12.3 Å². The van der Waals surface area contributed by atoms with E-state index in [0.29, 0.717) is 45.0 Å².